The summed E-state index contributed by atoms with van der Waals surface area (Å²) < 4.78 is 5.31. The normalized spacial score (nSPS) is 24.1. The van der Waals surface area contributed by atoms with Gasteiger partial charge in [0, 0.05) is 19.8 Å². The van der Waals surface area contributed by atoms with E-state index < -0.39 is 5.54 Å². The van der Waals surface area contributed by atoms with Crippen LogP contribution in [0.1, 0.15) is 44.9 Å². The number of amides is 1. The van der Waals surface area contributed by atoms with Crippen molar-refractivity contribution in [3.8, 4) is 0 Å². The second-order valence-electron chi connectivity index (χ2n) is 5.48. The Kier molecular flexibility index (Phi) is 6.39. The van der Waals surface area contributed by atoms with Gasteiger partial charge in [-0.3, -0.25) is 4.79 Å². The molecule has 0 aromatic rings. The van der Waals surface area contributed by atoms with Gasteiger partial charge in [-0.15, -0.1) is 12.4 Å². The number of hydrogen-bond acceptors (Lipinski definition) is 3. The Hall–Kier alpha value is -0.320. The number of nitrogens with one attached hydrogen (secondary N) is 1. The molecule has 1 aliphatic carbocycles. The lowest BCUT2D eigenvalue weighted by molar-refractivity contribution is -0.127. The SMILES string of the molecule is Cl.NC1(C(=O)NCC2CCOCC2)CCCCC1. The van der Waals surface area contributed by atoms with Crippen molar-refractivity contribution in [1.82, 2.24) is 5.32 Å². The van der Waals surface area contributed by atoms with Gasteiger partial charge < -0.3 is 15.8 Å². The highest BCUT2D eigenvalue weighted by molar-refractivity contribution is 5.86. The Labute approximate surface area is 115 Å². The van der Waals surface area contributed by atoms with E-state index >= 15 is 0 Å². The van der Waals surface area contributed by atoms with Crippen LogP contribution in [-0.2, 0) is 9.53 Å². The van der Waals surface area contributed by atoms with Gasteiger partial charge in [0.1, 0.15) is 0 Å². The van der Waals surface area contributed by atoms with Crippen molar-refractivity contribution in [1.29, 1.82) is 0 Å². The van der Waals surface area contributed by atoms with Crippen LogP contribution in [-0.4, -0.2) is 31.2 Å². The van der Waals surface area contributed by atoms with Gasteiger partial charge in [-0.1, -0.05) is 19.3 Å². The molecule has 2 rings (SSSR count). The van der Waals surface area contributed by atoms with Crippen LogP contribution < -0.4 is 11.1 Å². The molecule has 1 amide bonds. The molecular formula is C13H25ClN2O2. The number of carbonyl (C=O) groups excluding carboxylic acids is 1. The zero-order valence-corrected chi connectivity index (χ0v) is 11.8. The van der Waals surface area contributed by atoms with Crippen molar-refractivity contribution in [3.63, 3.8) is 0 Å². The smallest absolute Gasteiger partial charge is 0.240 e. The number of hydrogen-bond donors (Lipinski definition) is 2. The summed E-state index contributed by atoms with van der Waals surface area (Å²) in [7, 11) is 0. The molecule has 0 atom stereocenters. The predicted octanol–water partition coefficient (Wildman–Crippen LogP) is 1.61. The summed E-state index contributed by atoms with van der Waals surface area (Å²) in [6.45, 7) is 2.42. The van der Waals surface area contributed by atoms with Gasteiger partial charge in [0.05, 0.1) is 5.54 Å². The Bertz CT molecular complexity index is 262. The maximum absolute atomic E-state index is 12.1. The zero-order valence-electron chi connectivity index (χ0n) is 11.0. The molecule has 4 nitrogen and oxygen atoms in total. The Morgan fingerprint density at radius 3 is 2.44 bits per heavy atom. The summed E-state index contributed by atoms with van der Waals surface area (Å²) in [4.78, 5) is 12.1. The minimum Gasteiger partial charge on any atom is -0.381 e. The lowest BCUT2D eigenvalue weighted by Crippen LogP contribution is -2.55. The fraction of sp³-hybridized carbons (Fsp3) is 0.923. The molecule has 3 N–H and O–H groups in total. The van der Waals surface area contributed by atoms with E-state index in [9.17, 15) is 4.79 Å². The first-order valence-electron chi connectivity index (χ1n) is 6.86. The summed E-state index contributed by atoms with van der Waals surface area (Å²) in [5.74, 6) is 0.628. The Morgan fingerprint density at radius 2 is 1.83 bits per heavy atom. The number of carbonyl (C=O) groups is 1. The molecule has 5 heteroatoms. The van der Waals surface area contributed by atoms with E-state index in [1.807, 2.05) is 0 Å². The average molecular weight is 277 g/mol. The molecule has 0 radical (unpaired) electrons. The van der Waals surface area contributed by atoms with Crippen molar-refractivity contribution in [3.05, 3.63) is 0 Å². The summed E-state index contributed by atoms with van der Waals surface area (Å²) in [6, 6.07) is 0. The molecule has 1 saturated heterocycles. The first-order valence-corrected chi connectivity index (χ1v) is 6.86. The third-order valence-corrected chi connectivity index (χ3v) is 4.09. The van der Waals surface area contributed by atoms with Gasteiger partial charge in [0.25, 0.3) is 0 Å². The average Bonchev–Trinajstić information content (AvgIpc) is 2.38. The molecule has 0 spiro atoms. The van der Waals surface area contributed by atoms with Crippen LogP contribution in [0.2, 0.25) is 0 Å². The lowest BCUT2D eigenvalue weighted by Gasteiger charge is -2.32. The number of halogens is 1. The van der Waals surface area contributed by atoms with Gasteiger partial charge >= 0.3 is 0 Å². The molecule has 1 saturated carbocycles. The van der Waals surface area contributed by atoms with Crippen LogP contribution in [0, 0.1) is 5.92 Å². The second kappa shape index (κ2) is 7.31. The number of rotatable bonds is 3. The van der Waals surface area contributed by atoms with E-state index in [1.54, 1.807) is 0 Å². The Morgan fingerprint density at radius 1 is 1.22 bits per heavy atom. The molecule has 1 heterocycles. The standard InChI is InChI=1S/C13H24N2O2.ClH/c14-13(6-2-1-3-7-13)12(16)15-10-11-4-8-17-9-5-11;/h11H,1-10,14H2,(H,15,16);1H. The van der Waals surface area contributed by atoms with Gasteiger partial charge in [-0.25, -0.2) is 0 Å². The maximum atomic E-state index is 12.1. The summed E-state index contributed by atoms with van der Waals surface area (Å²) in [5, 5.41) is 3.04. The molecule has 2 aliphatic rings. The summed E-state index contributed by atoms with van der Waals surface area (Å²) >= 11 is 0. The molecule has 18 heavy (non-hydrogen) atoms. The van der Waals surface area contributed by atoms with Crippen LogP contribution in [0.3, 0.4) is 0 Å². The topological polar surface area (TPSA) is 64.4 Å². The largest absolute Gasteiger partial charge is 0.381 e. The minimum atomic E-state index is -0.594. The van der Waals surface area contributed by atoms with E-state index in [-0.39, 0.29) is 18.3 Å². The highest BCUT2D eigenvalue weighted by Crippen LogP contribution is 2.26. The summed E-state index contributed by atoms with van der Waals surface area (Å²) in [6.07, 6.45) is 7.17. The number of nitrogens with two attached hydrogens (primary N) is 1. The van der Waals surface area contributed by atoms with E-state index in [0.29, 0.717) is 5.92 Å². The first kappa shape index (κ1) is 15.7. The highest BCUT2D eigenvalue weighted by Gasteiger charge is 2.35. The molecule has 1 aliphatic heterocycles. The van der Waals surface area contributed by atoms with Crippen LogP contribution in [0.4, 0.5) is 0 Å². The third-order valence-electron chi connectivity index (χ3n) is 4.09. The van der Waals surface area contributed by atoms with E-state index in [0.717, 1.165) is 58.3 Å². The molecule has 0 aromatic carbocycles. The van der Waals surface area contributed by atoms with Gasteiger partial charge in [0.2, 0.25) is 5.91 Å². The monoisotopic (exact) mass is 276 g/mol. The molecular weight excluding hydrogens is 252 g/mol. The van der Waals surface area contributed by atoms with E-state index in [2.05, 4.69) is 5.32 Å². The number of ether oxygens (including phenoxy) is 1. The third kappa shape index (κ3) is 4.11. The molecule has 2 fully saturated rings. The van der Waals surface area contributed by atoms with Gasteiger partial charge in [-0.05, 0) is 31.6 Å². The molecule has 0 bridgehead atoms. The maximum Gasteiger partial charge on any atom is 0.240 e. The van der Waals surface area contributed by atoms with Crippen LogP contribution in [0.15, 0.2) is 0 Å². The fourth-order valence-corrected chi connectivity index (χ4v) is 2.77. The van der Waals surface area contributed by atoms with Crippen molar-refractivity contribution < 1.29 is 9.53 Å². The molecule has 0 unspecified atom stereocenters. The lowest BCUT2D eigenvalue weighted by atomic mass is 9.82. The van der Waals surface area contributed by atoms with Crippen molar-refractivity contribution >= 4 is 18.3 Å². The van der Waals surface area contributed by atoms with Crippen LogP contribution >= 0.6 is 12.4 Å². The van der Waals surface area contributed by atoms with Crippen molar-refractivity contribution in [2.24, 2.45) is 11.7 Å². The first-order chi connectivity index (χ1) is 8.21. The Balaban J connectivity index is 0.00000162. The quantitative estimate of drug-likeness (QED) is 0.823. The van der Waals surface area contributed by atoms with E-state index in [4.69, 9.17) is 10.5 Å². The summed E-state index contributed by atoms with van der Waals surface area (Å²) in [5.41, 5.74) is 5.59. The minimum absolute atomic E-state index is 0. The van der Waals surface area contributed by atoms with Crippen molar-refractivity contribution in [2.75, 3.05) is 19.8 Å². The van der Waals surface area contributed by atoms with Crippen LogP contribution in [0.5, 0.6) is 0 Å². The molecule has 0 aromatic heterocycles. The molecule has 106 valence electrons. The van der Waals surface area contributed by atoms with E-state index in [1.165, 1.54) is 6.42 Å². The fourth-order valence-electron chi connectivity index (χ4n) is 2.77. The zero-order chi connectivity index (χ0) is 12.1. The van der Waals surface area contributed by atoms with Gasteiger partial charge in [0.15, 0.2) is 0 Å². The van der Waals surface area contributed by atoms with Crippen LogP contribution in [0.25, 0.3) is 0 Å². The predicted molar refractivity (Wildman–Crippen MR) is 73.8 cm³/mol. The van der Waals surface area contributed by atoms with Gasteiger partial charge in [-0.2, -0.15) is 0 Å². The second-order valence-corrected chi connectivity index (χ2v) is 5.48. The van der Waals surface area contributed by atoms with Crippen molar-refractivity contribution in [2.45, 2.75) is 50.5 Å². The highest BCUT2D eigenvalue weighted by atomic mass is 35.5.